The SMILES string of the molecule is COc1ccccc1CC(=O)Nc1ccccc1C(N)=O. The monoisotopic (exact) mass is 284 g/mol. The van der Waals surface area contributed by atoms with Crippen molar-refractivity contribution in [1.82, 2.24) is 0 Å². The molecule has 0 aromatic heterocycles. The van der Waals surface area contributed by atoms with Gasteiger partial charge in [-0.1, -0.05) is 30.3 Å². The maximum absolute atomic E-state index is 12.1. The normalized spacial score (nSPS) is 9.95. The Balaban J connectivity index is 2.14. The first-order valence-electron chi connectivity index (χ1n) is 6.42. The summed E-state index contributed by atoms with van der Waals surface area (Å²) in [5.41, 5.74) is 6.74. The molecule has 0 heterocycles. The molecule has 0 fully saturated rings. The molecule has 2 amide bonds. The second kappa shape index (κ2) is 6.56. The topological polar surface area (TPSA) is 81.4 Å². The Morgan fingerprint density at radius 1 is 1.10 bits per heavy atom. The van der Waals surface area contributed by atoms with Crippen molar-refractivity contribution >= 4 is 17.5 Å². The van der Waals surface area contributed by atoms with Gasteiger partial charge in [-0.3, -0.25) is 9.59 Å². The molecule has 108 valence electrons. The number of carbonyl (C=O) groups excluding carboxylic acids is 2. The number of para-hydroxylation sites is 2. The van der Waals surface area contributed by atoms with Gasteiger partial charge in [0, 0.05) is 5.56 Å². The number of amides is 2. The van der Waals surface area contributed by atoms with E-state index < -0.39 is 5.91 Å². The van der Waals surface area contributed by atoms with Crippen molar-refractivity contribution in [2.45, 2.75) is 6.42 Å². The van der Waals surface area contributed by atoms with Gasteiger partial charge in [0.25, 0.3) is 5.91 Å². The number of nitrogens with two attached hydrogens (primary N) is 1. The summed E-state index contributed by atoms with van der Waals surface area (Å²) in [4.78, 5) is 23.4. The molecule has 0 unspecified atom stereocenters. The third-order valence-corrected chi connectivity index (χ3v) is 3.01. The van der Waals surface area contributed by atoms with Gasteiger partial charge in [0.15, 0.2) is 0 Å². The number of carbonyl (C=O) groups is 2. The molecule has 0 radical (unpaired) electrons. The zero-order valence-corrected chi connectivity index (χ0v) is 11.6. The highest BCUT2D eigenvalue weighted by Crippen LogP contribution is 2.19. The maximum atomic E-state index is 12.1. The van der Waals surface area contributed by atoms with Crippen molar-refractivity contribution in [1.29, 1.82) is 0 Å². The number of hydrogen-bond acceptors (Lipinski definition) is 3. The smallest absolute Gasteiger partial charge is 0.250 e. The first kappa shape index (κ1) is 14.6. The minimum absolute atomic E-state index is 0.150. The highest BCUT2D eigenvalue weighted by atomic mass is 16.5. The van der Waals surface area contributed by atoms with E-state index in [1.54, 1.807) is 37.4 Å². The quantitative estimate of drug-likeness (QED) is 0.880. The molecular formula is C16H16N2O3. The van der Waals surface area contributed by atoms with Gasteiger partial charge in [-0.15, -0.1) is 0 Å². The van der Waals surface area contributed by atoms with Gasteiger partial charge in [-0.2, -0.15) is 0 Å². The van der Waals surface area contributed by atoms with Crippen molar-refractivity contribution in [2.75, 3.05) is 12.4 Å². The minimum Gasteiger partial charge on any atom is -0.496 e. The Kier molecular flexibility index (Phi) is 4.56. The second-order valence-corrected chi connectivity index (χ2v) is 4.45. The molecule has 0 aliphatic rings. The Labute approximate surface area is 122 Å². The van der Waals surface area contributed by atoms with E-state index in [4.69, 9.17) is 10.5 Å². The van der Waals surface area contributed by atoms with E-state index in [1.165, 1.54) is 0 Å². The molecular weight excluding hydrogens is 268 g/mol. The van der Waals surface area contributed by atoms with Gasteiger partial charge in [0.05, 0.1) is 24.8 Å². The van der Waals surface area contributed by atoms with E-state index in [1.807, 2.05) is 18.2 Å². The van der Waals surface area contributed by atoms with Crippen molar-refractivity contribution in [3.63, 3.8) is 0 Å². The summed E-state index contributed by atoms with van der Waals surface area (Å²) in [6, 6.07) is 13.9. The summed E-state index contributed by atoms with van der Waals surface area (Å²) in [5, 5.41) is 2.70. The molecule has 2 aromatic rings. The van der Waals surface area contributed by atoms with Crippen LogP contribution in [0.1, 0.15) is 15.9 Å². The number of methoxy groups -OCH3 is 1. The Bertz CT molecular complexity index is 668. The standard InChI is InChI=1S/C16H16N2O3/c1-21-14-9-5-2-6-11(14)10-15(19)18-13-8-4-3-7-12(13)16(17)20/h2-9H,10H2,1H3,(H2,17,20)(H,18,19). The number of rotatable bonds is 5. The van der Waals surface area contributed by atoms with Crippen LogP contribution in [0.4, 0.5) is 5.69 Å². The minimum atomic E-state index is -0.580. The molecule has 5 nitrogen and oxygen atoms in total. The van der Waals surface area contributed by atoms with Gasteiger partial charge >= 0.3 is 0 Å². The molecule has 0 atom stereocenters. The van der Waals surface area contributed by atoms with E-state index in [2.05, 4.69) is 5.32 Å². The fourth-order valence-electron chi connectivity index (χ4n) is 2.02. The molecule has 0 spiro atoms. The van der Waals surface area contributed by atoms with Crippen LogP contribution in [0.15, 0.2) is 48.5 Å². The van der Waals surface area contributed by atoms with Crippen LogP contribution in [-0.4, -0.2) is 18.9 Å². The van der Waals surface area contributed by atoms with Crippen LogP contribution in [0.5, 0.6) is 5.75 Å². The predicted molar refractivity (Wildman–Crippen MR) is 80.3 cm³/mol. The molecule has 0 aliphatic heterocycles. The molecule has 0 aliphatic carbocycles. The van der Waals surface area contributed by atoms with E-state index in [-0.39, 0.29) is 17.9 Å². The lowest BCUT2D eigenvalue weighted by Crippen LogP contribution is -2.19. The molecule has 3 N–H and O–H groups in total. The lowest BCUT2D eigenvalue weighted by molar-refractivity contribution is -0.115. The maximum Gasteiger partial charge on any atom is 0.250 e. The van der Waals surface area contributed by atoms with E-state index >= 15 is 0 Å². The van der Waals surface area contributed by atoms with Crippen LogP contribution in [-0.2, 0) is 11.2 Å². The average molecular weight is 284 g/mol. The van der Waals surface area contributed by atoms with Gasteiger partial charge in [0.1, 0.15) is 5.75 Å². The van der Waals surface area contributed by atoms with E-state index in [0.717, 1.165) is 5.56 Å². The summed E-state index contributed by atoms with van der Waals surface area (Å²) in [6.07, 6.45) is 0.150. The summed E-state index contributed by atoms with van der Waals surface area (Å²) < 4.78 is 5.20. The molecule has 0 saturated carbocycles. The first-order chi connectivity index (χ1) is 10.1. The van der Waals surface area contributed by atoms with E-state index in [9.17, 15) is 9.59 Å². The van der Waals surface area contributed by atoms with Crippen LogP contribution >= 0.6 is 0 Å². The predicted octanol–water partition coefficient (Wildman–Crippen LogP) is 1.98. The molecule has 0 bridgehead atoms. The highest BCUT2D eigenvalue weighted by Gasteiger charge is 2.12. The van der Waals surface area contributed by atoms with Crippen LogP contribution in [0.3, 0.4) is 0 Å². The van der Waals surface area contributed by atoms with Crippen molar-refractivity contribution in [2.24, 2.45) is 5.73 Å². The van der Waals surface area contributed by atoms with Gasteiger partial charge in [0.2, 0.25) is 5.91 Å². The number of nitrogens with one attached hydrogen (secondary N) is 1. The third-order valence-electron chi connectivity index (χ3n) is 3.01. The van der Waals surface area contributed by atoms with E-state index in [0.29, 0.717) is 11.4 Å². The molecule has 5 heteroatoms. The fourth-order valence-corrected chi connectivity index (χ4v) is 2.02. The average Bonchev–Trinajstić information content (AvgIpc) is 2.48. The fraction of sp³-hybridized carbons (Fsp3) is 0.125. The van der Waals surface area contributed by atoms with Crippen LogP contribution in [0.25, 0.3) is 0 Å². The highest BCUT2D eigenvalue weighted by molar-refractivity contribution is 6.03. The first-order valence-corrected chi connectivity index (χ1v) is 6.42. The Hall–Kier alpha value is -2.82. The lowest BCUT2D eigenvalue weighted by Gasteiger charge is -2.10. The summed E-state index contributed by atoms with van der Waals surface area (Å²) in [7, 11) is 1.55. The van der Waals surface area contributed by atoms with Gasteiger partial charge < -0.3 is 15.8 Å². The lowest BCUT2D eigenvalue weighted by atomic mass is 10.1. The largest absolute Gasteiger partial charge is 0.496 e. The number of ether oxygens (including phenoxy) is 1. The zero-order chi connectivity index (χ0) is 15.2. The Morgan fingerprint density at radius 2 is 1.76 bits per heavy atom. The molecule has 2 rings (SSSR count). The summed E-state index contributed by atoms with van der Waals surface area (Å²) >= 11 is 0. The number of primary amides is 1. The number of benzene rings is 2. The number of hydrogen-bond donors (Lipinski definition) is 2. The van der Waals surface area contributed by atoms with Crippen LogP contribution < -0.4 is 15.8 Å². The van der Waals surface area contributed by atoms with Crippen LogP contribution in [0, 0.1) is 0 Å². The van der Waals surface area contributed by atoms with Crippen molar-refractivity contribution < 1.29 is 14.3 Å². The summed E-state index contributed by atoms with van der Waals surface area (Å²) in [5.74, 6) is -0.174. The molecule has 0 saturated heterocycles. The summed E-state index contributed by atoms with van der Waals surface area (Å²) in [6.45, 7) is 0. The Morgan fingerprint density at radius 3 is 2.48 bits per heavy atom. The van der Waals surface area contributed by atoms with Crippen LogP contribution in [0.2, 0.25) is 0 Å². The molecule has 21 heavy (non-hydrogen) atoms. The number of anilines is 1. The third kappa shape index (κ3) is 3.60. The second-order valence-electron chi connectivity index (χ2n) is 4.45. The molecule has 2 aromatic carbocycles. The van der Waals surface area contributed by atoms with Gasteiger partial charge in [-0.25, -0.2) is 0 Å². The van der Waals surface area contributed by atoms with Gasteiger partial charge in [-0.05, 0) is 18.2 Å². The van der Waals surface area contributed by atoms with Crippen molar-refractivity contribution in [3.8, 4) is 5.75 Å². The van der Waals surface area contributed by atoms with Crippen molar-refractivity contribution in [3.05, 3.63) is 59.7 Å². The zero-order valence-electron chi connectivity index (χ0n) is 11.6.